The number of hydrogen-bond donors (Lipinski definition) is 1. The van der Waals surface area contributed by atoms with Gasteiger partial charge in [-0.2, -0.15) is 0 Å². The van der Waals surface area contributed by atoms with Gasteiger partial charge in [-0.05, 0) is 12.1 Å². The second-order valence-corrected chi connectivity index (χ2v) is 7.07. The molecule has 0 radical (unpaired) electrons. The van der Waals surface area contributed by atoms with Crippen molar-refractivity contribution in [1.29, 1.82) is 0 Å². The summed E-state index contributed by atoms with van der Waals surface area (Å²) in [5.74, 6) is -4.92. The molecule has 3 rings (SSSR count). The number of methoxy groups -OCH3 is 1. The molecule has 0 aliphatic heterocycles. The molecule has 0 aliphatic carbocycles. The zero-order chi connectivity index (χ0) is 21.1. The number of amides is 1. The van der Waals surface area contributed by atoms with Crippen LogP contribution in [0.15, 0.2) is 30.3 Å². The van der Waals surface area contributed by atoms with E-state index in [2.05, 4.69) is 4.98 Å². The highest BCUT2D eigenvalue weighted by Gasteiger charge is 2.24. The summed E-state index contributed by atoms with van der Waals surface area (Å²) in [7, 11) is 1.41. The summed E-state index contributed by atoms with van der Waals surface area (Å²) in [5, 5.41) is 9.01. The Kier molecular flexibility index (Phi) is 6.02. The Morgan fingerprint density at radius 3 is 2.59 bits per heavy atom. The summed E-state index contributed by atoms with van der Waals surface area (Å²) >= 11 is 0.781. The van der Waals surface area contributed by atoms with Crippen LogP contribution in [0.1, 0.15) is 17.8 Å². The Hall–Kier alpha value is -3.14. The second kappa shape index (κ2) is 8.48. The van der Waals surface area contributed by atoms with E-state index >= 15 is 0 Å². The van der Waals surface area contributed by atoms with Gasteiger partial charge in [0.05, 0.1) is 30.5 Å². The number of carbonyl (C=O) groups is 2. The van der Waals surface area contributed by atoms with Gasteiger partial charge in [0.1, 0.15) is 22.1 Å². The number of aliphatic carboxylic acids is 1. The van der Waals surface area contributed by atoms with Crippen molar-refractivity contribution in [2.24, 2.45) is 0 Å². The Morgan fingerprint density at radius 2 is 1.90 bits per heavy atom. The summed E-state index contributed by atoms with van der Waals surface area (Å²) in [6.45, 7) is -0.196. The molecule has 1 aromatic heterocycles. The molecular formula is C19H15F3N2O4S. The number of carboxylic acids is 1. The number of halogens is 3. The number of aromatic nitrogens is 1. The molecule has 6 nitrogen and oxygen atoms in total. The number of hydrogen-bond acceptors (Lipinski definition) is 5. The van der Waals surface area contributed by atoms with Crippen LogP contribution >= 0.6 is 11.3 Å². The van der Waals surface area contributed by atoms with E-state index < -0.39 is 41.3 Å². The minimum absolute atomic E-state index is 0.151. The Labute approximate surface area is 167 Å². The number of benzene rings is 2. The lowest BCUT2D eigenvalue weighted by Gasteiger charge is -2.23. The second-order valence-electron chi connectivity index (χ2n) is 5.99. The molecule has 0 spiro atoms. The van der Waals surface area contributed by atoms with Crippen molar-refractivity contribution in [3.05, 3.63) is 52.8 Å². The number of anilines is 1. The first-order valence-corrected chi connectivity index (χ1v) is 9.21. The first-order chi connectivity index (χ1) is 13.8. The predicted molar refractivity (Wildman–Crippen MR) is 101 cm³/mol. The van der Waals surface area contributed by atoms with Crippen molar-refractivity contribution in [3.63, 3.8) is 0 Å². The fourth-order valence-electron chi connectivity index (χ4n) is 2.74. The van der Waals surface area contributed by atoms with E-state index in [1.807, 2.05) is 0 Å². The predicted octanol–water partition coefficient (Wildman–Crippen LogP) is 4.12. The van der Waals surface area contributed by atoms with Crippen LogP contribution in [0.5, 0.6) is 5.75 Å². The van der Waals surface area contributed by atoms with Crippen LogP contribution in [-0.2, 0) is 16.1 Å². The number of nitrogens with zero attached hydrogens (tertiary/aromatic N) is 2. The van der Waals surface area contributed by atoms with Gasteiger partial charge in [-0.1, -0.05) is 12.1 Å². The van der Waals surface area contributed by atoms with Gasteiger partial charge in [-0.15, -0.1) is 11.3 Å². The van der Waals surface area contributed by atoms with Crippen molar-refractivity contribution in [3.8, 4) is 5.75 Å². The maximum atomic E-state index is 14.0. The van der Waals surface area contributed by atoms with Gasteiger partial charge in [0.25, 0.3) is 0 Å². The van der Waals surface area contributed by atoms with Crippen LogP contribution in [0.25, 0.3) is 10.2 Å². The van der Waals surface area contributed by atoms with Gasteiger partial charge in [0.2, 0.25) is 5.91 Å². The standard InChI is InChI=1S/C19H15F3N2O4S/c1-28-13-5-3-2-4-12(13)24(15(25)6-7-16(26)27)9-14-23-18-17(22)10(20)8-11(21)19(18)29-14/h2-5,8H,6-7,9H2,1H3,(H,26,27). The van der Waals surface area contributed by atoms with Gasteiger partial charge in [-0.25, -0.2) is 18.2 Å². The Morgan fingerprint density at radius 1 is 1.17 bits per heavy atom. The molecule has 0 fully saturated rings. The first kappa shape index (κ1) is 20.6. The fraction of sp³-hybridized carbons (Fsp3) is 0.211. The molecule has 2 aromatic carbocycles. The molecule has 1 N–H and O–H groups in total. The van der Waals surface area contributed by atoms with E-state index in [0.29, 0.717) is 17.5 Å². The molecule has 0 atom stereocenters. The largest absolute Gasteiger partial charge is 0.495 e. The summed E-state index contributed by atoms with van der Waals surface area (Å²) in [4.78, 5) is 28.7. The van der Waals surface area contributed by atoms with Gasteiger partial charge in [-0.3, -0.25) is 9.59 Å². The molecule has 1 heterocycles. The lowest BCUT2D eigenvalue weighted by atomic mass is 10.2. The lowest BCUT2D eigenvalue weighted by molar-refractivity contribution is -0.138. The Bertz CT molecular complexity index is 1090. The minimum Gasteiger partial charge on any atom is -0.495 e. The topological polar surface area (TPSA) is 79.7 Å². The van der Waals surface area contributed by atoms with E-state index in [1.54, 1.807) is 24.3 Å². The van der Waals surface area contributed by atoms with Crippen molar-refractivity contribution >= 4 is 39.1 Å². The third kappa shape index (κ3) is 4.32. The van der Waals surface area contributed by atoms with Crippen LogP contribution in [0, 0.1) is 17.5 Å². The molecule has 152 valence electrons. The highest BCUT2D eigenvalue weighted by atomic mass is 32.1. The molecule has 0 saturated heterocycles. The average molecular weight is 424 g/mol. The maximum absolute atomic E-state index is 14.0. The number of ether oxygens (including phenoxy) is 1. The van der Waals surface area contributed by atoms with Crippen molar-refractivity contribution in [1.82, 2.24) is 4.98 Å². The van der Waals surface area contributed by atoms with E-state index in [-0.39, 0.29) is 22.7 Å². The fourth-order valence-corrected chi connectivity index (χ4v) is 3.70. The normalized spacial score (nSPS) is 10.9. The van der Waals surface area contributed by atoms with Crippen LogP contribution in [0.3, 0.4) is 0 Å². The van der Waals surface area contributed by atoms with Crippen LogP contribution in [0.4, 0.5) is 18.9 Å². The first-order valence-electron chi connectivity index (χ1n) is 8.40. The van der Waals surface area contributed by atoms with Gasteiger partial charge >= 0.3 is 5.97 Å². The molecular weight excluding hydrogens is 409 g/mol. The summed E-state index contributed by atoms with van der Waals surface area (Å²) in [5.41, 5.74) is -0.114. The smallest absolute Gasteiger partial charge is 0.303 e. The third-order valence-corrected chi connectivity index (χ3v) is 5.13. The number of para-hydroxylation sites is 2. The molecule has 0 bridgehead atoms. The van der Waals surface area contributed by atoms with Gasteiger partial charge in [0, 0.05) is 12.5 Å². The summed E-state index contributed by atoms with van der Waals surface area (Å²) in [6, 6.07) is 6.98. The van der Waals surface area contributed by atoms with E-state index in [0.717, 1.165) is 11.3 Å². The molecule has 1 amide bonds. The van der Waals surface area contributed by atoms with Crippen LogP contribution < -0.4 is 9.64 Å². The average Bonchev–Trinajstić information content (AvgIpc) is 3.13. The Balaban J connectivity index is 2.02. The lowest BCUT2D eigenvalue weighted by Crippen LogP contribution is -2.31. The zero-order valence-electron chi connectivity index (χ0n) is 15.1. The molecule has 29 heavy (non-hydrogen) atoms. The van der Waals surface area contributed by atoms with Crippen molar-refractivity contribution in [2.45, 2.75) is 19.4 Å². The number of carboxylic acid groups (broad SMARTS) is 1. The van der Waals surface area contributed by atoms with E-state index in [4.69, 9.17) is 9.84 Å². The minimum atomic E-state index is -1.36. The molecule has 10 heteroatoms. The summed E-state index contributed by atoms with van der Waals surface area (Å²) in [6.07, 6.45) is -0.686. The molecule has 3 aromatic rings. The number of fused-ring (bicyclic) bond motifs is 1. The zero-order valence-corrected chi connectivity index (χ0v) is 15.9. The number of carbonyl (C=O) groups excluding carboxylic acids is 1. The van der Waals surface area contributed by atoms with E-state index in [1.165, 1.54) is 12.0 Å². The molecule has 0 unspecified atom stereocenters. The molecule has 0 aliphatic rings. The highest BCUT2D eigenvalue weighted by molar-refractivity contribution is 7.18. The molecule has 0 saturated carbocycles. The van der Waals surface area contributed by atoms with Crippen LogP contribution in [0.2, 0.25) is 0 Å². The quantitative estimate of drug-likeness (QED) is 0.577. The number of thiazole rings is 1. The van der Waals surface area contributed by atoms with E-state index in [9.17, 15) is 22.8 Å². The third-order valence-electron chi connectivity index (χ3n) is 4.08. The number of rotatable bonds is 7. The highest BCUT2D eigenvalue weighted by Crippen LogP contribution is 2.33. The maximum Gasteiger partial charge on any atom is 0.303 e. The summed E-state index contributed by atoms with van der Waals surface area (Å²) < 4.78 is 46.5. The van der Waals surface area contributed by atoms with Crippen molar-refractivity contribution in [2.75, 3.05) is 12.0 Å². The van der Waals surface area contributed by atoms with Crippen LogP contribution in [-0.4, -0.2) is 29.1 Å². The van der Waals surface area contributed by atoms with Crippen molar-refractivity contribution < 1.29 is 32.6 Å². The SMILES string of the molecule is COc1ccccc1N(Cc1nc2c(F)c(F)cc(F)c2s1)C(=O)CCC(=O)O. The monoisotopic (exact) mass is 424 g/mol. The van der Waals surface area contributed by atoms with Gasteiger partial charge < -0.3 is 14.7 Å². The van der Waals surface area contributed by atoms with Gasteiger partial charge in [0.15, 0.2) is 11.6 Å².